The van der Waals surface area contributed by atoms with Crippen molar-refractivity contribution in [3.8, 4) is 0 Å². The fraction of sp³-hybridized carbons (Fsp3) is 0.125. The van der Waals surface area contributed by atoms with E-state index in [4.69, 9.17) is 5.73 Å². The first kappa shape index (κ1) is 11.3. The summed E-state index contributed by atoms with van der Waals surface area (Å²) < 4.78 is 50.0. The summed E-state index contributed by atoms with van der Waals surface area (Å²) in [5.74, 6) is -3.02. The molecule has 0 saturated heterocycles. The van der Waals surface area contributed by atoms with Gasteiger partial charge in [0.15, 0.2) is 0 Å². The maximum absolute atomic E-state index is 13.2. The van der Waals surface area contributed by atoms with E-state index < -0.39 is 34.7 Å². The number of hydrogen-bond acceptors (Lipinski definition) is 2. The fourth-order valence-electron chi connectivity index (χ4n) is 1.07. The van der Waals surface area contributed by atoms with E-state index in [0.717, 1.165) is 12.1 Å². The van der Waals surface area contributed by atoms with Crippen LogP contribution >= 0.6 is 0 Å². The molecule has 0 aromatic heterocycles. The van der Waals surface area contributed by atoms with Crippen molar-refractivity contribution >= 4 is 11.6 Å². The minimum Gasteiger partial charge on any atom is -0.398 e. The summed E-state index contributed by atoms with van der Waals surface area (Å²) in [5, 5.41) is 0. The Bertz CT molecular complexity index is 414. The van der Waals surface area contributed by atoms with Crippen molar-refractivity contribution in [2.45, 2.75) is 6.18 Å². The second-order valence-electron chi connectivity index (χ2n) is 2.75. The number of nitrogens with two attached hydrogens (primary N) is 2. The van der Waals surface area contributed by atoms with Crippen molar-refractivity contribution in [1.29, 1.82) is 0 Å². The van der Waals surface area contributed by atoms with E-state index in [1.165, 1.54) is 0 Å². The van der Waals surface area contributed by atoms with Gasteiger partial charge in [0.2, 0.25) is 0 Å². The molecule has 0 atom stereocenters. The fourth-order valence-corrected chi connectivity index (χ4v) is 1.07. The molecule has 0 heterocycles. The van der Waals surface area contributed by atoms with Gasteiger partial charge in [-0.3, -0.25) is 4.79 Å². The summed E-state index contributed by atoms with van der Waals surface area (Å²) in [6.45, 7) is 0. The van der Waals surface area contributed by atoms with Gasteiger partial charge in [0, 0.05) is 5.69 Å². The quantitative estimate of drug-likeness (QED) is 0.558. The van der Waals surface area contributed by atoms with Crippen LogP contribution in [0, 0.1) is 5.82 Å². The molecule has 82 valence electrons. The highest BCUT2D eigenvalue weighted by Gasteiger charge is 2.38. The molecular formula is C8H6F4N2O. The molecule has 0 aliphatic rings. The Morgan fingerprint density at radius 1 is 1.27 bits per heavy atom. The van der Waals surface area contributed by atoms with Crippen LogP contribution in [0.3, 0.4) is 0 Å². The molecule has 1 rings (SSSR count). The van der Waals surface area contributed by atoms with Crippen LogP contribution in [0.25, 0.3) is 0 Å². The monoisotopic (exact) mass is 222 g/mol. The Morgan fingerprint density at radius 2 is 1.80 bits per heavy atom. The van der Waals surface area contributed by atoms with Crippen LogP contribution < -0.4 is 11.5 Å². The zero-order chi connectivity index (χ0) is 11.8. The number of amides is 1. The molecule has 7 heteroatoms. The first-order chi connectivity index (χ1) is 6.75. The number of halogens is 4. The van der Waals surface area contributed by atoms with Crippen molar-refractivity contribution in [3.63, 3.8) is 0 Å². The predicted octanol–water partition coefficient (Wildman–Crippen LogP) is 1.53. The number of rotatable bonds is 1. The molecule has 0 bridgehead atoms. The zero-order valence-corrected chi connectivity index (χ0v) is 7.23. The van der Waals surface area contributed by atoms with Gasteiger partial charge in [0.25, 0.3) is 5.91 Å². The minimum absolute atomic E-state index is 0.784. The third-order valence-corrected chi connectivity index (χ3v) is 1.72. The van der Waals surface area contributed by atoms with Crippen LogP contribution in [0.1, 0.15) is 15.9 Å². The highest BCUT2D eigenvalue weighted by molar-refractivity contribution is 5.93. The summed E-state index contributed by atoms with van der Waals surface area (Å²) >= 11 is 0. The van der Waals surface area contributed by atoms with Gasteiger partial charge in [-0.05, 0) is 12.1 Å². The minimum atomic E-state index is -4.96. The van der Waals surface area contributed by atoms with Gasteiger partial charge in [0.1, 0.15) is 11.4 Å². The molecule has 1 aromatic carbocycles. The van der Waals surface area contributed by atoms with Crippen LogP contribution in [-0.4, -0.2) is 5.91 Å². The first-order valence-electron chi connectivity index (χ1n) is 3.70. The molecule has 1 aromatic rings. The van der Waals surface area contributed by atoms with Crippen molar-refractivity contribution in [3.05, 3.63) is 29.1 Å². The Morgan fingerprint density at radius 3 is 2.20 bits per heavy atom. The van der Waals surface area contributed by atoms with E-state index in [2.05, 4.69) is 5.73 Å². The van der Waals surface area contributed by atoms with Crippen LogP contribution in [0.15, 0.2) is 12.1 Å². The molecule has 4 N–H and O–H groups in total. The summed E-state index contributed by atoms with van der Waals surface area (Å²) in [6.07, 6.45) is -4.96. The third kappa shape index (κ3) is 2.00. The zero-order valence-electron chi connectivity index (χ0n) is 7.23. The molecule has 15 heavy (non-hydrogen) atoms. The van der Waals surface area contributed by atoms with Gasteiger partial charge in [-0.2, -0.15) is 13.2 Å². The number of carbonyl (C=O) groups excluding carboxylic acids is 1. The lowest BCUT2D eigenvalue weighted by Gasteiger charge is -2.12. The van der Waals surface area contributed by atoms with Crippen LogP contribution in [-0.2, 0) is 6.18 Å². The highest BCUT2D eigenvalue weighted by Crippen LogP contribution is 2.36. The number of alkyl halides is 3. The van der Waals surface area contributed by atoms with Crippen molar-refractivity contribution in [2.75, 3.05) is 5.73 Å². The molecular weight excluding hydrogens is 216 g/mol. The Hall–Kier alpha value is -1.79. The average molecular weight is 222 g/mol. The molecule has 3 nitrogen and oxygen atoms in total. The lowest BCUT2D eigenvalue weighted by molar-refractivity contribution is -0.139. The van der Waals surface area contributed by atoms with Crippen LogP contribution in [0.4, 0.5) is 23.2 Å². The summed E-state index contributed by atoms with van der Waals surface area (Å²) in [6, 6.07) is 1.59. The van der Waals surface area contributed by atoms with Crippen molar-refractivity contribution < 1.29 is 22.4 Å². The predicted molar refractivity (Wildman–Crippen MR) is 44.3 cm³/mol. The van der Waals surface area contributed by atoms with E-state index >= 15 is 0 Å². The lowest BCUT2D eigenvalue weighted by Crippen LogP contribution is -2.19. The smallest absolute Gasteiger partial charge is 0.398 e. The standard InChI is InChI=1S/C8H6F4N2O/c9-6-3(7(14)15)1-2-4(13)5(6)8(10,11)12/h1-2H,13H2,(H2,14,15). The van der Waals surface area contributed by atoms with Gasteiger partial charge in [-0.15, -0.1) is 0 Å². The number of benzene rings is 1. The maximum Gasteiger partial charge on any atom is 0.421 e. The molecule has 0 unspecified atom stereocenters. The number of nitrogen functional groups attached to an aromatic ring is 1. The van der Waals surface area contributed by atoms with E-state index in [1.807, 2.05) is 0 Å². The third-order valence-electron chi connectivity index (χ3n) is 1.72. The van der Waals surface area contributed by atoms with Gasteiger partial charge in [0.05, 0.1) is 5.56 Å². The maximum atomic E-state index is 13.2. The summed E-state index contributed by atoms with van der Waals surface area (Å²) in [5.41, 5.74) is 6.36. The van der Waals surface area contributed by atoms with Crippen LogP contribution in [0.5, 0.6) is 0 Å². The molecule has 0 spiro atoms. The Balaban J connectivity index is 3.51. The van der Waals surface area contributed by atoms with E-state index in [-0.39, 0.29) is 0 Å². The second-order valence-corrected chi connectivity index (χ2v) is 2.75. The van der Waals surface area contributed by atoms with Gasteiger partial charge in [-0.25, -0.2) is 4.39 Å². The molecule has 0 aliphatic heterocycles. The molecule has 0 saturated carbocycles. The van der Waals surface area contributed by atoms with Crippen LogP contribution in [0.2, 0.25) is 0 Å². The van der Waals surface area contributed by atoms with E-state index in [1.54, 1.807) is 0 Å². The number of carbonyl (C=O) groups is 1. The number of hydrogen-bond donors (Lipinski definition) is 2. The first-order valence-corrected chi connectivity index (χ1v) is 3.70. The van der Waals surface area contributed by atoms with Gasteiger partial charge in [-0.1, -0.05) is 0 Å². The normalized spacial score (nSPS) is 11.5. The number of anilines is 1. The van der Waals surface area contributed by atoms with Gasteiger partial charge < -0.3 is 11.5 Å². The Labute approximate surface area is 81.7 Å². The van der Waals surface area contributed by atoms with Crippen molar-refractivity contribution in [2.24, 2.45) is 5.73 Å². The molecule has 0 aliphatic carbocycles. The molecule has 0 fully saturated rings. The van der Waals surface area contributed by atoms with E-state index in [0.29, 0.717) is 0 Å². The van der Waals surface area contributed by atoms with Crippen molar-refractivity contribution in [1.82, 2.24) is 0 Å². The molecule has 1 amide bonds. The highest BCUT2D eigenvalue weighted by atomic mass is 19.4. The second kappa shape index (κ2) is 3.41. The average Bonchev–Trinajstić information content (AvgIpc) is 2.00. The summed E-state index contributed by atoms with van der Waals surface area (Å²) in [4.78, 5) is 10.6. The SMILES string of the molecule is NC(=O)c1ccc(N)c(C(F)(F)F)c1F. The Kier molecular flexibility index (Phi) is 2.57. The largest absolute Gasteiger partial charge is 0.421 e. The summed E-state index contributed by atoms with van der Waals surface area (Å²) in [7, 11) is 0. The molecule has 0 radical (unpaired) electrons. The topological polar surface area (TPSA) is 69.1 Å². The lowest BCUT2D eigenvalue weighted by atomic mass is 10.1. The van der Waals surface area contributed by atoms with E-state index in [9.17, 15) is 22.4 Å². The number of primary amides is 1. The van der Waals surface area contributed by atoms with Gasteiger partial charge >= 0.3 is 6.18 Å².